The Kier molecular flexibility index (Phi) is 6.62. The number of rotatable bonds is 6. The van der Waals surface area contributed by atoms with Crippen LogP contribution in [0.25, 0.3) is 0 Å². The second kappa shape index (κ2) is 9.06. The first kappa shape index (κ1) is 23.4. The summed E-state index contributed by atoms with van der Waals surface area (Å²) in [7, 11) is 0. The zero-order chi connectivity index (χ0) is 23.5. The van der Waals surface area contributed by atoms with E-state index >= 15 is 0 Å². The van der Waals surface area contributed by atoms with Gasteiger partial charge in [0.05, 0.1) is 6.61 Å². The minimum absolute atomic E-state index is 0.0465. The van der Waals surface area contributed by atoms with Crippen molar-refractivity contribution >= 4 is 23.3 Å². The maximum Gasteiger partial charge on any atom is 0.433 e. The summed E-state index contributed by atoms with van der Waals surface area (Å²) < 4.78 is 78.6. The first-order valence-electron chi connectivity index (χ1n) is 9.24. The molecular formula is C18H17F6N7O. The van der Waals surface area contributed by atoms with Crippen molar-refractivity contribution in [3.63, 3.8) is 0 Å². The van der Waals surface area contributed by atoms with Gasteiger partial charge in [0.1, 0.15) is 11.4 Å². The summed E-state index contributed by atoms with van der Waals surface area (Å²) in [6.45, 7) is 3.24. The van der Waals surface area contributed by atoms with Crippen LogP contribution in [0.5, 0.6) is 0 Å². The molecule has 32 heavy (non-hydrogen) atoms. The molecule has 0 bridgehead atoms. The van der Waals surface area contributed by atoms with Crippen LogP contribution in [0.1, 0.15) is 25.4 Å². The van der Waals surface area contributed by atoms with Crippen molar-refractivity contribution < 1.29 is 31.2 Å². The van der Waals surface area contributed by atoms with E-state index in [2.05, 4.69) is 35.7 Å². The van der Waals surface area contributed by atoms with E-state index < -0.39 is 30.0 Å². The first-order chi connectivity index (χ1) is 15.0. The molecule has 0 aliphatic carbocycles. The minimum Gasteiger partial charge on any atom is -0.324 e. The quantitative estimate of drug-likeness (QED) is 0.489. The molecule has 0 radical (unpaired) electrons. The van der Waals surface area contributed by atoms with Crippen molar-refractivity contribution in [2.45, 2.75) is 32.2 Å². The Labute approximate surface area is 177 Å². The minimum atomic E-state index is -4.67. The van der Waals surface area contributed by atoms with Crippen molar-refractivity contribution in [2.75, 3.05) is 17.4 Å². The summed E-state index contributed by atoms with van der Waals surface area (Å²) in [4.78, 5) is 23.9. The Bertz CT molecular complexity index is 1020. The van der Waals surface area contributed by atoms with Gasteiger partial charge in [0, 0.05) is 17.8 Å². The van der Waals surface area contributed by atoms with Crippen molar-refractivity contribution in [2.24, 2.45) is 10.9 Å². The number of halogens is 6. The number of aliphatic imine (C=N–C) groups is 1. The summed E-state index contributed by atoms with van der Waals surface area (Å²) in [6.07, 6.45) is -5.65. The number of dihydropyridines is 1. The third-order valence-electron chi connectivity index (χ3n) is 4.15. The number of alkyl halides is 6. The number of nitrogens with one attached hydrogen (secondary N) is 2. The molecule has 0 saturated heterocycles. The van der Waals surface area contributed by atoms with Gasteiger partial charge in [0.15, 0.2) is 11.9 Å². The fourth-order valence-corrected chi connectivity index (χ4v) is 2.68. The van der Waals surface area contributed by atoms with E-state index in [1.807, 2.05) is 0 Å². The lowest BCUT2D eigenvalue weighted by Crippen LogP contribution is -2.35. The molecule has 2 unspecified atom stereocenters. The number of hydrogen-bond donors (Lipinski definition) is 2. The monoisotopic (exact) mass is 461 g/mol. The smallest absolute Gasteiger partial charge is 0.324 e. The van der Waals surface area contributed by atoms with Gasteiger partial charge in [0.25, 0.3) is 5.95 Å². The molecule has 2 aromatic heterocycles. The molecule has 1 aliphatic rings. The topological polar surface area (TPSA) is 97.2 Å². The van der Waals surface area contributed by atoms with E-state index in [1.54, 1.807) is 6.92 Å². The lowest BCUT2D eigenvalue weighted by Gasteiger charge is -2.24. The van der Waals surface area contributed by atoms with Gasteiger partial charge in [-0.3, -0.25) is 14.8 Å². The van der Waals surface area contributed by atoms with Gasteiger partial charge in [-0.1, -0.05) is 13.0 Å². The van der Waals surface area contributed by atoms with Crippen LogP contribution in [0.4, 0.5) is 43.9 Å². The molecule has 0 amide bonds. The van der Waals surface area contributed by atoms with Crippen LogP contribution in [0.3, 0.4) is 0 Å². The van der Waals surface area contributed by atoms with Crippen LogP contribution in [0.2, 0.25) is 0 Å². The van der Waals surface area contributed by atoms with E-state index in [9.17, 15) is 26.3 Å². The molecule has 2 atom stereocenters. The summed E-state index contributed by atoms with van der Waals surface area (Å²) in [5, 5.41) is 2.56. The van der Waals surface area contributed by atoms with Crippen molar-refractivity contribution in [1.82, 2.24) is 19.9 Å². The molecule has 0 spiro atoms. The molecule has 3 rings (SSSR count). The molecule has 8 nitrogen and oxygen atoms in total. The number of allylic oxidation sites excluding steroid dienone is 1. The number of nitrogens with zero attached hydrogens (tertiary/aromatic N) is 5. The Morgan fingerprint density at radius 2 is 1.78 bits per heavy atom. The van der Waals surface area contributed by atoms with Crippen molar-refractivity contribution in [1.29, 1.82) is 0 Å². The van der Waals surface area contributed by atoms with E-state index in [0.717, 1.165) is 12.3 Å². The average molecular weight is 461 g/mol. The SMILES string of the molecule is CCONc1nc(Nc2ccnc(C(F)(F)F)c2)nc(C2=NC(C(F)(F)F)C(C)C=C2)n1. The predicted molar refractivity (Wildman–Crippen MR) is 102 cm³/mol. The highest BCUT2D eigenvalue weighted by molar-refractivity contribution is 6.07. The molecular weight excluding hydrogens is 444 g/mol. The van der Waals surface area contributed by atoms with Crippen LogP contribution in [-0.2, 0) is 11.0 Å². The van der Waals surface area contributed by atoms with Crippen LogP contribution in [-0.4, -0.2) is 44.5 Å². The molecule has 0 aromatic carbocycles. The second-order valence-corrected chi connectivity index (χ2v) is 6.61. The Morgan fingerprint density at radius 3 is 2.44 bits per heavy atom. The summed E-state index contributed by atoms with van der Waals surface area (Å²) >= 11 is 0. The summed E-state index contributed by atoms with van der Waals surface area (Å²) in [5.74, 6) is -1.54. The van der Waals surface area contributed by atoms with Gasteiger partial charge in [-0.25, -0.2) is 5.48 Å². The van der Waals surface area contributed by atoms with Gasteiger partial charge in [-0.05, 0) is 25.1 Å². The Hall–Kier alpha value is -3.29. The largest absolute Gasteiger partial charge is 0.433 e. The number of aromatic nitrogens is 4. The second-order valence-electron chi connectivity index (χ2n) is 6.61. The van der Waals surface area contributed by atoms with Gasteiger partial charge in [-0.15, -0.1) is 0 Å². The van der Waals surface area contributed by atoms with E-state index in [0.29, 0.717) is 0 Å². The van der Waals surface area contributed by atoms with Gasteiger partial charge >= 0.3 is 12.4 Å². The van der Waals surface area contributed by atoms with Crippen LogP contribution in [0, 0.1) is 5.92 Å². The highest BCUT2D eigenvalue weighted by Gasteiger charge is 2.43. The molecule has 172 valence electrons. The number of hydrogen-bond acceptors (Lipinski definition) is 8. The van der Waals surface area contributed by atoms with Crippen LogP contribution in [0.15, 0.2) is 35.5 Å². The summed E-state index contributed by atoms with van der Waals surface area (Å²) in [5.41, 5.74) is 1.03. The number of pyridine rings is 1. The molecule has 2 N–H and O–H groups in total. The molecule has 14 heteroatoms. The Balaban J connectivity index is 1.98. The lowest BCUT2D eigenvalue weighted by atomic mass is 9.97. The highest BCUT2D eigenvalue weighted by Crippen LogP contribution is 2.32. The summed E-state index contributed by atoms with van der Waals surface area (Å²) in [6, 6.07) is -0.0137. The van der Waals surface area contributed by atoms with E-state index in [-0.39, 0.29) is 35.7 Å². The van der Waals surface area contributed by atoms with Gasteiger partial charge < -0.3 is 5.32 Å². The Morgan fingerprint density at radius 1 is 1.06 bits per heavy atom. The van der Waals surface area contributed by atoms with E-state index in [1.165, 1.54) is 25.1 Å². The zero-order valence-electron chi connectivity index (χ0n) is 16.7. The number of anilines is 3. The standard InChI is InChI=1S/C18H17F6N7O/c1-3-32-31-16-29-14(11-5-4-9(2)13(27-11)18(22,23)24)28-15(30-16)26-10-6-7-25-12(8-10)17(19,20)21/h4-9,13H,3H2,1-2H3,(H2,25,26,28,29,30,31). The molecule has 3 heterocycles. The fraction of sp³-hybridized carbons (Fsp3) is 0.389. The maximum atomic E-state index is 13.3. The third kappa shape index (κ3) is 5.69. The predicted octanol–water partition coefficient (Wildman–Crippen LogP) is 4.32. The van der Waals surface area contributed by atoms with Crippen molar-refractivity contribution in [3.8, 4) is 0 Å². The highest BCUT2D eigenvalue weighted by atomic mass is 19.4. The average Bonchev–Trinajstić information content (AvgIpc) is 2.71. The molecule has 0 saturated carbocycles. The van der Waals surface area contributed by atoms with Crippen LogP contribution >= 0.6 is 0 Å². The molecule has 0 fully saturated rings. The maximum absolute atomic E-state index is 13.3. The van der Waals surface area contributed by atoms with Crippen molar-refractivity contribution in [3.05, 3.63) is 42.0 Å². The lowest BCUT2D eigenvalue weighted by molar-refractivity contribution is -0.153. The third-order valence-corrected chi connectivity index (χ3v) is 4.15. The fourth-order valence-electron chi connectivity index (χ4n) is 2.68. The zero-order valence-corrected chi connectivity index (χ0v) is 16.7. The molecule has 2 aromatic rings. The van der Waals surface area contributed by atoms with Gasteiger partial charge in [0.2, 0.25) is 5.95 Å². The van der Waals surface area contributed by atoms with Crippen LogP contribution < -0.4 is 10.8 Å². The first-order valence-corrected chi connectivity index (χ1v) is 9.24. The molecule has 1 aliphatic heterocycles. The normalized spacial score (nSPS) is 18.9. The van der Waals surface area contributed by atoms with Gasteiger partial charge in [-0.2, -0.15) is 41.3 Å². The van der Waals surface area contributed by atoms with E-state index in [4.69, 9.17) is 4.84 Å².